The Morgan fingerprint density at radius 3 is 1.38 bits per heavy atom. The number of hydrogen-bond donors (Lipinski definition) is 0. The van der Waals surface area contributed by atoms with Crippen LogP contribution in [0.3, 0.4) is 0 Å². The Labute approximate surface area is 293 Å². The second-order valence-corrected chi connectivity index (χ2v) is 20.4. The van der Waals surface area contributed by atoms with Crippen LogP contribution < -0.4 is 18.1 Å². The molecule has 0 spiro atoms. The minimum absolute atomic E-state index is 0.467. The van der Waals surface area contributed by atoms with Crippen LogP contribution in [0.15, 0.2) is 60.7 Å². The largest absolute Gasteiger partial charge is 0.434 e. The number of benzene rings is 4. The molecule has 0 bridgehead atoms. The predicted octanol–water partition coefficient (Wildman–Crippen LogP) is 9.41. The van der Waals surface area contributed by atoms with Crippen molar-refractivity contribution in [3.63, 3.8) is 0 Å². The van der Waals surface area contributed by atoms with Gasteiger partial charge in [-0.1, -0.05) is 52.0 Å². The van der Waals surface area contributed by atoms with Crippen LogP contribution in [0.25, 0.3) is 21.5 Å². The predicted molar refractivity (Wildman–Crippen MR) is 203 cm³/mol. The highest BCUT2D eigenvalue weighted by atomic mass is 32.5. The Balaban J connectivity index is 1.68. The second-order valence-electron chi connectivity index (χ2n) is 10.6. The summed E-state index contributed by atoms with van der Waals surface area (Å²) in [4.78, 5) is 0. The maximum atomic E-state index is 6.45. The molecule has 4 aromatic rings. The smallest absolute Gasteiger partial charge is 0.433 e. The Hall–Kier alpha value is -1.65. The molecule has 47 heavy (non-hydrogen) atoms. The molecule has 5 rings (SSSR count). The van der Waals surface area contributed by atoms with E-state index in [0.717, 1.165) is 32.7 Å². The molecule has 2 unspecified atom stereocenters. The fourth-order valence-electron chi connectivity index (χ4n) is 5.67. The molecule has 0 aliphatic carbocycles. The molecule has 4 aromatic carbocycles. The monoisotopic (exact) mass is 754 g/mol. The summed E-state index contributed by atoms with van der Waals surface area (Å²) in [5.41, 5.74) is 1.84. The van der Waals surface area contributed by atoms with Gasteiger partial charge in [-0.25, -0.2) is 9.34 Å². The molecule has 0 radical (unpaired) electrons. The highest BCUT2D eigenvalue weighted by Crippen LogP contribution is 2.56. The topological polar surface area (TPSA) is 71.1 Å². The van der Waals surface area contributed by atoms with Gasteiger partial charge in [-0.15, -0.1) is 0 Å². The molecule has 15 heteroatoms. The van der Waals surface area contributed by atoms with Gasteiger partial charge in [-0.2, -0.15) is 0 Å². The summed E-state index contributed by atoms with van der Waals surface area (Å²) < 4.78 is 47.1. The van der Waals surface area contributed by atoms with E-state index in [1.54, 1.807) is 14.2 Å². The lowest BCUT2D eigenvalue weighted by molar-refractivity contribution is 0.314. The third-order valence-electron chi connectivity index (χ3n) is 8.18. The van der Waals surface area contributed by atoms with Crippen molar-refractivity contribution in [2.24, 2.45) is 0 Å². The zero-order valence-corrected chi connectivity index (χ0v) is 32.8. The summed E-state index contributed by atoms with van der Waals surface area (Å²) >= 11 is 17.7. The first-order chi connectivity index (χ1) is 22.5. The van der Waals surface area contributed by atoms with E-state index in [1.165, 1.54) is 7.11 Å². The lowest BCUT2D eigenvalue weighted by atomic mass is 9.93. The lowest BCUT2D eigenvalue weighted by Crippen LogP contribution is -2.23. The molecule has 0 amide bonds. The van der Waals surface area contributed by atoms with E-state index in [-0.39, 0.29) is 0 Å². The van der Waals surface area contributed by atoms with Crippen molar-refractivity contribution in [3.05, 3.63) is 71.8 Å². The van der Waals surface area contributed by atoms with Crippen molar-refractivity contribution < 1.29 is 31.7 Å². The number of fused-ring (bicyclic) bond motifs is 6. The van der Waals surface area contributed by atoms with Crippen LogP contribution in [-0.4, -0.2) is 56.8 Å². The molecule has 9 nitrogen and oxygen atoms in total. The molecular formula is C32H41N2O7P3S3. The van der Waals surface area contributed by atoms with Gasteiger partial charge in [0.05, 0.1) is 0 Å². The van der Waals surface area contributed by atoms with Gasteiger partial charge >= 0.3 is 20.0 Å². The quantitative estimate of drug-likeness (QED) is 0.122. The summed E-state index contributed by atoms with van der Waals surface area (Å²) in [5.74, 6) is 2.40. The Kier molecular flexibility index (Phi) is 11.7. The van der Waals surface area contributed by atoms with Crippen LogP contribution in [0.4, 0.5) is 0 Å². The molecule has 0 aromatic heterocycles. The van der Waals surface area contributed by atoms with Crippen molar-refractivity contribution in [2.75, 3.05) is 47.5 Å². The molecule has 1 heterocycles. The van der Waals surface area contributed by atoms with E-state index < -0.39 is 20.0 Å². The number of nitrogens with zero attached hydrogens (tertiary/aromatic N) is 2. The van der Waals surface area contributed by atoms with E-state index in [1.807, 2.05) is 97.7 Å². The zero-order chi connectivity index (χ0) is 34.0. The van der Waals surface area contributed by atoms with Crippen molar-refractivity contribution in [3.8, 4) is 23.0 Å². The summed E-state index contributed by atoms with van der Waals surface area (Å²) in [6.07, 6.45) is 0.467. The lowest BCUT2D eigenvalue weighted by Gasteiger charge is -2.31. The molecule has 0 fully saturated rings. The van der Waals surface area contributed by atoms with Gasteiger partial charge in [0, 0.05) is 76.9 Å². The van der Waals surface area contributed by atoms with E-state index in [9.17, 15) is 0 Å². The van der Waals surface area contributed by atoms with E-state index in [2.05, 4.69) is 0 Å². The van der Waals surface area contributed by atoms with Crippen molar-refractivity contribution in [2.45, 2.75) is 34.1 Å². The minimum Gasteiger partial charge on any atom is -0.433 e. The molecule has 1 aliphatic heterocycles. The maximum Gasteiger partial charge on any atom is 0.434 e. The third-order valence-corrected chi connectivity index (χ3v) is 17.4. The molecule has 1 aliphatic rings. The summed E-state index contributed by atoms with van der Waals surface area (Å²) in [6, 6.07) is 19.7. The fraction of sp³-hybridized carbons (Fsp3) is 0.375. The molecule has 2 atom stereocenters. The van der Waals surface area contributed by atoms with Gasteiger partial charge in [0.25, 0.3) is 0 Å². The molecule has 254 valence electrons. The van der Waals surface area contributed by atoms with Crippen LogP contribution in [0.1, 0.15) is 38.8 Å². The van der Waals surface area contributed by atoms with Crippen molar-refractivity contribution in [1.82, 2.24) is 9.34 Å². The van der Waals surface area contributed by atoms with Gasteiger partial charge < -0.3 is 27.1 Å². The Morgan fingerprint density at radius 2 is 1.04 bits per heavy atom. The van der Waals surface area contributed by atoms with E-state index in [4.69, 9.17) is 67.1 Å². The normalized spacial score (nSPS) is 18.7. The minimum atomic E-state index is -3.23. The average molecular weight is 755 g/mol. The van der Waals surface area contributed by atoms with Gasteiger partial charge in [0.15, 0.2) is 0 Å². The SMILES string of the molecule is CCN(CC)P(=S)(OC)Oc1ccc2ccc3c(c2c1)Cc1c(ccc2ccc(OP(=S)(OC)N(CC)CC)cc12)OP(=S)(OC)O3. The fourth-order valence-corrected chi connectivity index (χ4v) is 12.1. The molecule has 0 saturated carbocycles. The van der Waals surface area contributed by atoms with Crippen LogP contribution in [0.2, 0.25) is 0 Å². The Morgan fingerprint density at radius 1 is 0.660 bits per heavy atom. The van der Waals surface area contributed by atoms with Crippen LogP contribution in [0, 0.1) is 0 Å². The maximum absolute atomic E-state index is 6.45. The molecular weight excluding hydrogens is 713 g/mol. The average Bonchev–Trinajstić information content (AvgIpc) is 3.06. The van der Waals surface area contributed by atoms with Crippen LogP contribution in [0.5, 0.6) is 23.0 Å². The number of hydrogen-bond acceptors (Lipinski definition) is 10. The van der Waals surface area contributed by atoms with Gasteiger partial charge in [0.1, 0.15) is 23.0 Å². The van der Waals surface area contributed by atoms with E-state index >= 15 is 0 Å². The van der Waals surface area contributed by atoms with Gasteiger partial charge in [-0.3, -0.25) is 4.52 Å². The second kappa shape index (κ2) is 15.1. The summed E-state index contributed by atoms with van der Waals surface area (Å²) in [5, 5.41) is 3.88. The first-order valence-electron chi connectivity index (χ1n) is 15.4. The first kappa shape index (κ1) is 36.6. The highest BCUT2D eigenvalue weighted by molar-refractivity contribution is 8.09. The summed E-state index contributed by atoms with van der Waals surface area (Å²) in [7, 11) is 4.72. The van der Waals surface area contributed by atoms with Crippen molar-refractivity contribution in [1.29, 1.82) is 0 Å². The van der Waals surface area contributed by atoms with Gasteiger partial charge in [-0.05, 0) is 81.6 Å². The third kappa shape index (κ3) is 7.45. The van der Waals surface area contributed by atoms with Crippen LogP contribution in [-0.2, 0) is 55.4 Å². The summed E-state index contributed by atoms with van der Waals surface area (Å²) in [6.45, 7) is 2.29. The number of rotatable bonds is 13. The van der Waals surface area contributed by atoms with Crippen LogP contribution >= 0.6 is 20.0 Å². The van der Waals surface area contributed by atoms with E-state index in [0.29, 0.717) is 55.6 Å². The molecule has 0 N–H and O–H groups in total. The Bertz CT molecular complexity index is 1790. The van der Waals surface area contributed by atoms with Crippen molar-refractivity contribution >= 4 is 77.0 Å². The molecule has 0 saturated heterocycles. The van der Waals surface area contributed by atoms with Gasteiger partial charge in [0.2, 0.25) is 0 Å². The first-order valence-corrected chi connectivity index (χ1v) is 23.1. The zero-order valence-electron chi connectivity index (χ0n) is 27.6. The standard InChI is InChI=1S/C32H41N2O7P3S3/c1-8-33(9-2)42(45,35-5)38-25-16-12-23-14-18-31-29(27(23)20-25)22-30-28-21-26(39-43(46,36-6)34(10-3)11-4)17-13-24(28)15-19-32(30)41-44(47,37-7)40-31/h12-21H,8-11,22H2,1-7H3. The highest BCUT2D eigenvalue weighted by Gasteiger charge is 2.32.